The van der Waals surface area contributed by atoms with Crippen molar-refractivity contribution >= 4 is 29.1 Å². The number of primary amides is 1. The molecule has 0 saturated carbocycles. The number of carbonyl (C=O) groups excluding carboxylic acids is 1. The van der Waals surface area contributed by atoms with E-state index in [1.54, 1.807) is 18.2 Å². The highest BCUT2D eigenvalue weighted by molar-refractivity contribution is 6.36. The molecule has 1 atom stereocenters. The van der Waals surface area contributed by atoms with Gasteiger partial charge in [0.2, 0.25) is 5.91 Å². The number of benzene rings is 1. The molecule has 0 radical (unpaired) electrons. The lowest BCUT2D eigenvalue weighted by atomic mass is 10.1. The van der Waals surface area contributed by atoms with Crippen molar-refractivity contribution in [1.82, 2.24) is 5.32 Å². The van der Waals surface area contributed by atoms with E-state index in [1.165, 1.54) is 0 Å². The molecule has 0 aromatic heterocycles. The summed E-state index contributed by atoms with van der Waals surface area (Å²) in [7, 11) is 0. The van der Waals surface area contributed by atoms with Gasteiger partial charge >= 0.3 is 0 Å². The molecule has 0 saturated heterocycles. The number of carbonyl (C=O) groups is 1. The van der Waals surface area contributed by atoms with Gasteiger partial charge in [0.25, 0.3) is 0 Å². The van der Waals surface area contributed by atoms with Gasteiger partial charge in [0.05, 0.1) is 0 Å². The molecule has 0 aliphatic carbocycles. The zero-order valence-corrected chi connectivity index (χ0v) is 10.8. The Bertz CT molecular complexity index is 467. The van der Waals surface area contributed by atoms with Gasteiger partial charge in [-0.15, -0.1) is 0 Å². The summed E-state index contributed by atoms with van der Waals surface area (Å²) in [6.45, 7) is 0.488. The Hall–Kier alpha value is -1.46. The van der Waals surface area contributed by atoms with Gasteiger partial charge in [0, 0.05) is 33.6 Å². The average molecular weight is 288 g/mol. The summed E-state index contributed by atoms with van der Waals surface area (Å²) in [6, 6.07) is 4.09. The number of amides is 1. The van der Waals surface area contributed by atoms with Gasteiger partial charge in [-0.2, -0.15) is 0 Å². The fourth-order valence-corrected chi connectivity index (χ4v) is 2.05. The van der Waals surface area contributed by atoms with Crippen molar-refractivity contribution in [1.29, 1.82) is 0 Å². The van der Waals surface area contributed by atoms with E-state index >= 15 is 0 Å². The molecular weight excluding hydrogens is 277 g/mol. The summed E-state index contributed by atoms with van der Waals surface area (Å²) in [5.41, 5.74) is 13.9. The first-order valence-electron chi connectivity index (χ1n) is 5.05. The van der Waals surface area contributed by atoms with Crippen molar-refractivity contribution in [3.8, 4) is 0 Å². The Labute approximate surface area is 114 Å². The molecule has 6 nitrogen and oxygen atoms in total. The monoisotopic (exact) mass is 287 g/mol. The lowest BCUT2D eigenvalue weighted by Gasteiger charge is -2.17. The maximum Gasteiger partial charge on any atom is 0.239 e. The second-order valence-electron chi connectivity index (χ2n) is 3.38. The van der Waals surface area contributed by atoms with Gasteiger partial charge in [-0.1, -0.05) is 34.4 Å². The summed E-state index contributed by atoms with van der Waals surface area (Å²) >= 11 is 12.0. The van der Waals surface area contributed by atoms with Crippen molar-refractivity contribution in [3.05, 3.63) is 44.3 Å². The highest BCUT2D eigenvalue weighted by Crippen LogP contribution is 2.30. The molecular formula is C10H11Cl2N5O. The topological polar surface area (TPSA) is 104 Å². The van der Waals surface area contributed by atoms with Gasteiger partial charge in [0.15, 0.2) is 0 Å². The Balaban J connectivity index is 2.91. The van der Waals surface area contributed by atoms with E-state index in [9.17, 15) is 4.79 Å². The van der Waals surface area contributed by atoms with E-state index in [0.29, 0.717) is 22.2 Å². The number of hydrogen-bond acceptors (Lipinski definition) is 3. The smallest absolute Gasteiger partial charge is 0.239 e. The van der Waals surface area contributed by atoms with E-state index in [0.717, 1.165) is 0 Å². The molecule has 0 bridgehead atoms. The predicted octanol–water partition coefficient (Wildman–Crippen LogP) is 2.42. The molecule has 0 fully saturated rings. The molecule has 1 amide bonds. The second-order valence-corrected chi connectivity index (χ2v) is 4.19. The van der Waals surface area contributed by atoms with Gasteiger partial charge in [-0.25, -0.2) is 0 Å². The number of nitrogens with two attached hydrogens (primary N) is 1. The fourth-order valence-electron chi connectivity index (χ4n) is 1.44. The fraction of sp³-hybridized carbons (Fsp3) is 0.300. The Morgan fingerprint density at radius 3 is 2.61 bits per heavy atom. The van der Waals surface area contributed by atoms with E-state index in [-0.39, 0.29) is 6.54 Å². The van der Waals surface area contributed by atoms with E-state index in [4.69, 9.17) is 34.5 Å². The number of halogens is 2. The van der Waals surface area contributed by atoms with Crippen LogP contribution in [-0.4, -0.2) is 19.0 Å². The minimum Gasteiger partial charge on any atom is -0.368 e. The third-order valence-corrected chi connectivity index (χ3v) is 2.86. The maximum absolute atomic E-state index is 11.4. The van der Waals surface area contributed by atoms with Gasteiger partial charge in [-0.3, -0.25) is 4.79 Å². The van der Waals surface area contributed by atoms with Crippen molar-refractivity contribution in [2.45, 2.75) is 6.04 Å². The molecule has 0 aliphatic heterocycles. The zero-order chi connectivity index (χ0) is 13.5. The number of hydrogen-bond donors (Lipinski definition) is 2. The quantitative estimate of drug-likeness (QED) is 0.363. The van der Waals surface area contributed by atoms with Crippen LogP contribution in [0.2, 0.25) is 10.0 Å². The lowest BCUT2D eigenvalue weighted by molar-refractivity contribution is -0.120. The summed E-state index contributed by atoms with van der Waals surface area (Å²) in [4.78, 5) is 14.0. The summed E-state index contributed by atoms with van der Waals surface area (Å²) < 4.78 is 0. The van der Waals surface area contributed by atoms with E-state index < -0.39 is 11.9 Å². The van der Waals surface area contributed by atoms with Crippen LogP contribution in [0.3, 0.4) is 0 Å². The SMILES string of the molecule is [N-]=[N+]=NCCNC(C(N)=O)c1c(Cl)cccc1Cl. The molecule has 8 heteroatoms. The van der Waals surface area contributed by atoms with Crippen LogP contribution in [0.4, 0.5) is 0 Å². The Morgan fingerprint density at radius 1 is 1.50 bits per heavy atom. The number of nitrogens with zero attached hydrogens (tertiary/aromatic N) is 3. The van der Waals surface area contributed by atoms with Gasteiger partial charge in [-0.05, 0) is 17.7 Å². The lowest BCUT2D eigenvalue weighted by Crippen LogP contribution is -2.35. The second kappa shape index (κ2) is 7.08. The molecule has 1 rings (SSSR count). The summed E-state index contributed by atoms with van der Waals surface area (Å²) in [5, 5.41) is 6.88. The predicted molar refractivity (Wildman–Crippen MR) is 70.4 cm³/mol. The van der Waals surface area contributed by atoms with Crippen LogP contribution in [0.25, 0.3) is 10.4 Å². The molecule has 18 heavy (non-hydrogen) atoms. The van der Waals surface area contributed by atoms with Crippen molar-refractivity contribution in [2.75, 3.05) is 13.1 Å². The maximum atomic E-state index is 11.4. The van der Waals surface area contributed by atoms with Crippen molar-refractivity contribution in [3.63, 3.8) is 0 Å². The largest absolute Gasteiger partial charge is 0.368 e. The van der Waals surface area contributed by atoms with Crippen LogP contribution in [-0.2, 0) is 4.79 Å². The van der Waals surface area contributed by atoms with Crippen LogP contribution in [0.1, 0.15) is 11.6 Å². The van der Waals surface area contributed by atoms with E-state index in [2.05, 4.69) is 15.3 Å². The molecule has 3 N–H and O–H groups in total. The highest BCUT2D eigenvalue weighted by Gasteiger charge is 2.22. The van der Waals surface area contributed by atoms with Crippen LogP contribution >= 0.6 is 23.2 Å². The summed E-state index contributed by atoms with van der Waals surface area (Å²) in [5.74, 6) is -0.606. The van der Waals surface area contributed by atoms with Crippen molar-refractivity contribution in [2.24, 2.45) is 10.8 Å². The number of nitrogens with one attached hydrogen (secondary N) is 1. The minimum atomic E-state index is -0.819. The molecule has 0 aliphatic rings. The first-order valence-corrected chi connectivity index (χ1v) is 5.81. The Morgan fingerprint density at radius 2 is 2.11 bits per heavy atom. The van der Waals surface area contributed by atoms with Crippen LogP contribution in [0, 0.1) is 0 Å². The zero-order valence-electron chi connectivity index (χ0n) is 9.31. The highest BCUT2D eigenvalue weighted by atomic mass is 35.5. The first-order chi connectivity index (χ1) is 8.57. The van der Waals surface area contributed by atoms with Crippen LogP contribution in [0.5, 0.6) is 0 Å². The summed E-state index contributed by atoms with van der Waals surface area (Å²) in [6.07, 6.45) is 0. The molecule has 1 unspecified atom stereocenters. The van der Waals surface area contributed by atoms with E-state index in [1.807, 2.05) is 0 Å². The third kappa shape index (κ3) is 3.78. The molecule has 0 heterocycles. The Kier molecular flexibility index (Phi) is 5.74. The average Bonchev–Trinajstić information content (AvgIpc) is 2.31. The molecule has 0 spiro atoms. The van der Waals surface area contributed by atoms with Gasteiger partial charge < -0.3 is 11.1 Å². The van der Waals surface area contributed by atoms with Gasteiger partial charge in [0.1, 0.15) is 6.04 Å². The standard InChI is InChI=1S/C10H11Cl2N5O/c11-6-2-1-3-7(12)8(6)9(10(13)18)15-4-5-16-17-14/h1-3,9,15H,4-5H2,(H2,13,18). The normalized spacial score (nSPS) is 11.7. The van der Waals surface area contributed by atoms with Crippen LogP contribution in [0.15, 0.2) is 23.3 Å². The molecule has 1 aromatic rings. The molecule has 96 valence electrons. The number of azide groups is 1. The third-order valence-electron chi connectivity index (χ3n) is 2.20. The molecule has 1 aromatic carbocycles. The van der Waals surface area contributed by atoms with Crippen molar-refractivity contribution < 1.29 is 4.79 Å². The first kappa shape index (κ1) is 14.6. The number of rotatable bonds is 6. The van der Waals surface area contributed by atoms with Crippen LogP contribution < -0.4 is 11.1 Å². The minimum absolute atomic E-state index is 0.197.